The van der Waals surface area contributed by atoms with Gasteiger partial charge in [-0.05, 0) is 18.1 Å². The van der Waals surface area contributed by atoms with E-state index in [4.69, 9.17) is 10.4 Å². The van der Waals surface area contributed by atoms with Gasteiger partial charge in [-0.1, -0.05) is 12.1 Å². The fourth-order valence-electron chi connectivity index (χ4n) is 1.36. The van der Waals surface area contributed by atoms with Gasteiger partial charge >= 0.3 is 5.97 Å². The zero-order valence-corrected chi connectivity index (χ0v) is 8.15. The van der Waals surface area contributed by atoms with Crippen LogP contribution in [-0.2, 0) is 11.2 Å². The standard InChI is InChI=1S/C11H9NO3/c1-7-2-3-8(4-11(14)15)9(5-12)10(7)6-13/h2-3,6H,4H2,1H3,(H,14,15). The molecule has 0 atom stereocenters. The summed E-state index contributed by atoms with van der Waals surface area (Å²) in [6.45, 7) is 1.70. The Morgan fingerprint density at radius 2 is 2.27 bits per heavy atom. The molecule has 0 unspecified atom stereocenters. The number of aryl methyl sites for hydroxylation is 1. The van der Waals surface area contributed by atoms with Crippen LogP contribution in [0.4, 0.5) is 0 Å². The smallest absolute Gasteiger partial charge is 0.307 e. The summed E-state index contributed by atoms with van der Waals surface area (Å²) in [6, 6.07) is 5.07. The number of nitrogens with zero attached hydrogens (tertiary/aromatic N) is 1. The Hall–Kier alpha value is -2.15. The predicted molar refractivity (Wildman–Crippen MR) is 52.6 cm³/mol. The molecule has 4 nitrogen and oxygen atoms in total. The van der Waals surface area contributed by atoms with E-state index in [-0.39, 0.29) is 17.5 Å². The van der Waals surface area contributed by atoms with E-state index in [1.165, 1.54) is 0 Å². The van der Waals surface area contributed by atoms with Crippen molar-refractivity contribution < 1.29 is 14.7 Å². The van der Waals surface area contributed by atoms with Gasteiger partial charge in [0.2, 0.25) is 0 Å². The van der Waals surface area contributed by atoms with Crippen molar-refractivity contribution in [2.24, 2.45) is 0 Å². The van der Waals surface area contributed by atoms with Crippen LogP contribution in [0.25, 0.3) is 0 Å². The van der Waals surface area contributed by atoms with Crippen molar-refractivity contribution in [1.29, 1.82) is 5.26 Å². The van der Waals surface area contributed by atoms with Crippen molar-refractivity contribution in [3.63, 3.8) is 0 Å². The molecule has 0 aliphatic heterocycles. The second-order valence-corrected chi connectivity index (χ2v) is 3.13. The maximum Gasteiger partial charge on any atom is 0.307 e. The van der Waals surface area contributed by atoms with Gasteiger partial charge < -0.3 is 5.11 Å². The van der Waals surface area contributed by atoms with Crippen LogP contribution >= 0.6 is 0 Å². The molecule has 0 spiro atoms. The maximum atomic E-state index is 10.7. The Balaban J connectivity index is 3.36. The van der Waals surface area contributed by atoms with Crippen molar-refractivity contribution in [1.82, 2.24) is 0 Å². The summed E-state index contributed by atoms with van der Waals surface area (Å²) in [7, 11) is 0. The lowest BCUT2D eigenvalue weighted by Crippen LogP contribution is -2.05. The first-order chi connectivity index (χ1) is 7.10. The van der Waals surface area contributed by atoms with Gasteiger partial charge in [-0.15, -0.1) is 0 Å². The molecular weight excluding hydrogens is 194 g/mol. The lowest BCUT2D eigenvalue weighted by molar-refractivity contribution is -0.136. The molecule has 0 amide bonds. The van der Waals surface area contributed by atoms with E-state index in [2.05, 4.69) is 0 Å². The third-order valence-electron chi connectivity index (χ3n) is 2.12. The van der Waals surface area contributed by atoms with Crippen LogP contribution in [0.3, 0.4) is 0 Å². The molecule has 0 bridgehead atoms. The molecule has 0 saturated carbocycles. The highest BCUT2D eigenvalue weighted by Gasteiger charge is 2.12. The van der Waals surface area contributed by atoms with Gasteiger partial charge in [0.15, 0.2) is 6.29 Å². The van der Waals surface area contributed by atoms with E-state index in [9.17, 15) is 9.59 Å². The molecule has 1 N–H and O–H groups in total. The molecule has 0 radical (unpaired) electrons. The first-order valence-corrected chi connectivity index (χ1v) is 4.29. The number of hydrogen-bond acceptors (Lipinski definition) is 3. The Labute approximate surface area is 86.8 Å². The predicted octanol–water partition coefficient (Wildman–Crippen LogP) is 1.31. The van der Waals surface area contributed by atoms with Gasteiger partial charge in [0.1, 0.15) is 6.07 Å². The van der Waals surface area contributed by atoms with Gasteiger partial charge in [0, 0.05) is 5.56 Å². The molecule has 0 aromatic heterocycles. The molecule has 1 aromatic carbocycles. The average Bonchev–Trinajstić information content (AvgIpc) is 2.19. The number of carboxylic acids is 1. The van der Waals surface area contributed by atoms with Gasteiger partial charge in [0.05, 0.1) is 12.0 Å². The van der Waals surface area contributed by atoms with Crippen LogP contribution in [-0.4, -0.2) is 17.4 Å². The van der Waals surface area contributed by atoms with Crippen molar-refractivity contribution in [2.45, 2.75) is 13.3 Å². The fraction of sp³-hybridized carbons (Fsp3) is 0.182. The second kappa shape index (κ2) is 4.38. The summed E-state index contributed by atoms with van der Waals surface area (Å²) < 4.78 is 0. The highest BCUT2D eigenvalue weighted by molar-refractivity contribution is 5.83. The molecule has 0 heterocycles. The SMILES string of the molecule is Cc1ccc(CC(=O)O)c(C#N)c1C=O. The molecular formula is C11H9NO3. The minimum absolute atomic E-state index is 0.160. The van der Waals surface area contributed by atoms with Crippen LogP contribution in [0.1, 0.15) is 27.0 Å². The molecule has 0 saturated heterocycles. The summed E-state index contributed by atoms with van der Waals surface area (Å²) in [4.78, 5) is 21.3. The van der Waals surface area contributed by atoms with Crippen molar-refractivity contribution in [3.8, 4) is 6.07 Å². The number of hydrogen-bond donors (Lipinski definition) is 1. The quantitative estimate of drug-likeness (QED) is 0.751. The van der Waals surface area contributed by atoms with Crippen molar-refractivity contribution in [3.05, 3.63) is 34.4 Å². The van der Waals surface area contributed by atoms with Crippen LogP contribution in [0.2, 0.25) is 0 Å². The summed E-state index contributed by atoms with van der Waals surface area (Å²) >= 11 is 0. The fourth-order valence-corrected chi connectivity index (χ4v) is 1.36. The van der Waals surface area contributed by atoms with E-state index in [1.54, 1.807) is 19.1 Å². The molecule has 0 aliphatic rings. The van der Waals surface area contributed by atoms with E-state index >= 15 is 0 Å². The number of carboxylic acid groups (broad SMARTS) is 1. The highest BCUT2D eigenvalue weighted by atomic mass is 16.4. The average molecular weight is 203 g/mol. The van der Waals surface area contributed by atoms with Gasteiger partial charge in [-0.3, -0.25) is 9.59 Å². The van der Waals surface area contributed by atoms with Crippen LogP contribution in [0, 0.1) is 18.3 Å². The second-order valence-electron chi connectivity index (χ2n) is 3.13. The van der Waals surface area contributed by atoms with Crippen molar-refractivity contribution >= 4 is 12.3 Å². The van der Waals surface area contributed by atoms with Crippen LogP contribution < -0.4 is 0 Å². The van der Waals surface area contributed by atoms with E-state index in [0.717, 1.165) is 0 Å². The van der Waals surface area contributed by atoms with Gasteiger partial charge in [-0.25, -0.2) is 0 Å². The summed E-state index contributed by atoms with van der Waals surface area (Å²) in [5.74, 6) is -1.02. The summed E-state index contributed by atoms with van der Waals surface area (Å²) in [6.07, 6.45) is 0.337. The summed E-state index contributed by atoms with van der Waals surface area (Å²) in [5, 5.41) is 17.5. The number of carbonyl (C=O) groups is 2. The summed E-state index contributed by atoms with van der Waals surface area (Å²) in [5.41, 5.74) is 1.48. The van der Waals surface area contributed by atoms with Crippen molar-refractivity contribution in [2.75, 3.05) is 0 Å². The molecule has 1 aromatic rings. The van der Waals surface area contributed by atoms with E-state index < -0.39 is 5.97 Å². The minimum Gasteiger partial charge on any atom is -0.481 e. The monoisotopic (exact) mass is 203 g/mol. The Morgan fingerprint density at radius 1 is 1.60 bits per heavy atom. The number of rotatable bonds is 3. The number of benzene rings is 1. The molecule has 4 heteroatoms. The Bertz CT molecular complexity index is 458. The van der Waals surface area contributed by atoms with E-state index in [0.29, 0.717) is 17.4 Å². The minimum atomic E-state index is -1.02. The Morgan fingerprint density at radius 3 is 2.73 bits per heavy atom. The highest BCUT2D eigenvalue weighted by Crippen LogP contribution is 2.17. The molecule has 15 heavy (non-hydrogen) atoms. The molecule has 0 aliphatic carbocycles. The third kappa shape index (κ3) is 2.20. The lowest BCUT2D eigenvalue weighted by Gasteiger charge is -2.05. The van der Waals surface area contributed by atoms with E-state index in [1.807, 2.05) is 6.07 Å². The number of carbonyl (C=O) groups excluding carboxylic acids is 1. The zero-order valence-electron chi connectivity index (χ0n) is 8.15. The first-order valence-electron chi connectivity index (χ1n) is 4.29. The normalized spacial score (nSPS) is 9.33. The van der Waals surface area contributed by atoms with Crippen LogP contribution in [0.5, 0.6) is 0 Å². The Kier molecular flexibility index (Phi) is 3.19. The number of aliphatic carboxylic acids is 1. The van der Waals surface area contributed by atoms with Crippen LogP contribution in [0.15, 0.2) is 12.1 Å². The van der Waals surface area contributed by atoms with Gasteiger partial charge in [-0.2, -0.15) is 5.26 Å². The third-order valence-corrected chi connectivity index (χ3v) is 2.12. The maximum absolute atomic E-state index is 10.7. The molecule has 0 fully saturated rings. The van der Waals surface area contributed by atoms with Gasteiger partial charge in [0.25, 0.3) is 0 Å². The largest absolute Gasteiger partial charge is 0.481 e. The topological polar surface area (TPSA) is 78.2 Å². The number of aldehydes is 1. The zero-order chi connectivity index (χ0) is 11.4. The lowest BCUT2D eigenvalue weighted by atomic mass is 9.96. The first kappa shape index (κ1) is 10.9. The molecule has 76 valence electrons. The number of nitriles is 1. The molecule has 1 rings (SSSR count).